The van der Waals surface area contributed by atoms with Crippen LogP contribution in [0.15, 0.2) is 23.6 Å². The number of nitrogens with zero attached hydrogens (tertiary/aromatic N) is 4. The van der Waals surface area contributed by atoms with Gasteiger partial charge in [-0.3, -0.25) is 9.69 Å². The van der Waals surface area contributed by atoms with Crippen molar-refractivity contribution in [1.29, 1.82) is 0 Å². The largest absolute Gasteiger partial charge is 0.444 e. The van der Waals surface area contributed by atoms with Crippen LogP contribution in [0.25, 0.3) is 11.4 Å². The molecule has 4 heterocycles. The number of hydrogen-bond acceptors (Lipinski definition) is 8. The van der Waals surface area contributed by atoms with E-state index >= 15 is 0 Å². The minimum Gasteiger partial charge on any atom is -0.444 e. The van der Waals surface area contributed by atoms with Crippen molar-refractivity contribution in [2.24, 2.45) is 0 Å². The molecule has 2 aromatic rings. The first kappa shape index (κ1) is 23.0. The fraction of sp³-hybridized carbons (Fsp3) is 0.583. The van der Waals surface area contributed by atoms with Crippen LogP contribution in [0.5, 0.6) is 0 Å². The van der Waals surface area contributed by atoms with E-state index in [4.69, 9.17) is 15.9 Å². The average Bonchev–Trinajstić information content (AvgIpc) is 3.46. The van der Waals surface area contributed by atoms with E-state index in [2.05, 4.69) is 9.88 Å². The smallest absolute Gasteiger partial charge is 0.410 e. The van der Waals surface area contributed by atoms with Gasteiger partial charge in [-0.05, 0) is 59.6 Å². The Morgan fingerprint density at radius 3 is 2.65 bits per heavy atom. The van der Waals surface area contributed by atoms with Gasteiger partial charge in [0.05, 0.1) is 17.9 Å². The van der Waals surface area contributed by atoms with Crippen LogP contribution in [-0.2, 0) is 14.3 Å². The molecule has 1 N–H and O–H groups in total. The third-order valence-corrected chi connectivity index (χ3v) is 6.34. The third kappa shape index (κ3) is 5.85. The summed E-state index contributed by atoms with van der Waals surface area (Å²) >= 11 is 1.20. The van der Waals surface area contributed by atoms with Crippen LogP contribution in [0.2, 0.25) is 1.41 Å². The highest BCUT2D eigenvalue weighted by atomic mass is 32.1. The number of carbonyl (C=O) groups excluding carboxylic acids is 2. The molecule has 2 aromatic heterocycles. The van der Waals surface area contributed by atoms with Gasteiger partial charge < -0.3 is 19.7 Å². The molecule has 9 nitrogen and oxygen atoms in total. The Balaban J connectivity index is 1.47. The number of hydrogen-bond donors (Lipinski definition) is 1. The number of anilines is 2. The summed E-state index contributed by atoms with van der Waals surface area (Å²) in [7, 11) is 0. The number of nitrogens with one attached hydrogen (secondary N) is 1. The SMILES string of the molecule is [2H]N(C(=O)[C@@H]1CCCN1C(=O)OC(C)(C)C)c1nc(-c2cccc(N3C[C@@H](C)O[C@@H](C)C3)n2)cs1. The first-order valence-electron chi connectivity index (χ1n) is 12.1. The van der Waals surface area contributed by atoms with Gasteiger partial charge in [-0.2, -0.15) is 0 Å². The molecule has 0 aliphatic carbocycles. The summed E-state index contributed by atoms with van der Waals surface area (Å²) in [5.41, 5.74) is 0.618. The number of amides is 2. The van der Waals surface area contributed by atoms with Crippen LogP contribution in [0.1, 0.15) is 47.5 Å². The highest BCUT2D eigenvalue weighted by molar-refractivity contribution is 7.14. The Morgan fingerprint density at radius 1 is 1.21 bits per heavy atom. The number of likely N-dealkylation sites (tertiary alicyclic amines) is 1. The molecule has 0 spiro atoms. The highest BCUT2D eigenvalue weighted by Crippen LogP contribution is 2.28. The van der Waals surface area contributed by atoms with Crippen molar-refractivity contribution in [3.8, 4) is 11.4 Å². The van der Waals surface area contributed by atoms with Crippen molar-refractivity contribution in [3.63, 3.8) is 0 Å². The molecule has 34 heavy (non-hydrogen) atoms. The van der Waals surface area contributed by atoms with Gasteiger partial charge in [0.25, 0.3) is 0 Å². The summed E-state index contributed by atoms with van der Waals surface area (Å²) in [6.07, 6.45) is 0.880. The number of thiazole rings is 1. The molecule has 4 rings (SSSR count). The van der Waals surface area contributed by atoms with Crippen LogP contribution in [0.4, 0.5) is 15.7 Å². The minimum absolute atomic E-state index is 0.119. The van der Waals surface area contributed by atoms with E-state index < -0.39 is 23.6 Å². The second-order valence-electron chi connectivity index (χ2n) is 9.84. The summed E-state index contributed by atoms with van der Waals surface area (Å²) in [5, 5.41) is 2.82. The number of aromatic nitrogens is 2. The Labute approximate surface area is 205 Å². The summed E-state index contributed by atoms with van der Waals surface area (Å²) in [5.74, 6) is 0.351. The molecular formula is C24H33N5O4S. The molecule has 10 heteroatoms. The van der Waals surface area contributed by atoms with Crippen LogP contribution in [-0.4, -0.2) is 70.4 Å². The minimum atomic E-state index is -0.735. The number of pyridine rings is 1. The van der Waals surface area contributed by atoms with E-state index in [-0.39, 0.29) is 17.3 Å². The number of ether oxygens (including phenoxy) is 2. The standard InChI is InChI=1S/C24H33N5O4S/c1-15-12-28(13-16(2)32-15)20-10-6-8-17(25-20)18-14-34-22(26-18)27-21(30)19-9-7-11-29(19)23(31)33-24(3,4)5/h6,8,10,14-16,19H,7,9,11-13H2,1-5H3,(H,26,27,30)/t15-,16+,19-/m0/s1/i/hD. The lowest BCUT2D eigenvalue weighted by Crippen LogP contribution is -2.45. The van der Waals surface area contributed by atoms with Crippen LogP contribution in [0, 0.1) is 0 Å². The quantitative estimate of drug-likeness (QED) is 0.690. The first-order valence-corrected chi connectivity index (χ1v) is 12.6. The lowest BCUT2D eigenvalue weighted by atomic mass is 10.2. The molecule has 2 aliphatic heterocycles. The van der Waals surface area contributed by atoms with Crippen molar-refractivity contribution in [2.75, 3.05) is 29.8 Å². The third-order valence-electron chi connectivity index (χ3n) is 5.60. The van der Waals surface area contributed by atoms with Gasteiger partial charge in [0.15, 0.2) is 6.54 Å². The fourth-order valence-electron chi connectivity index (χ4n) is 4.27. The normalized spacial score (nSPS) is 23.6. The van der Waals surface area contributed by atoms with Crippen molar-refractivity contribution < 1.29 is 20.5 Å². The topological polar surface area (TPSA) is 96.9 Å². The van der Waals surface area contributed by atoms with Crippen LogP contribution >= 0.6 is 11.3 Å². The molecule has 0 radical (unpaired) electrons. The first-order chi connectivity index (χ1) is 16.5. The van der Waals surface area contributed by atoms with Crippen molar-refractivity contribution >= 4 is 34.3 Å². The maximum absolute atomic E-state index is 13.1. The Kier molecular flexibility index (Phi) is 6.69. The molecule has 0 aromatic carbocycles. The monoisotopic (exact) mass is 488 g/mol. The van der Waals surface area contributed by atoms with Crippen molar-refractivity contribution in [2.45, 2.75) is 71.3 Å². The van der Waals surface area contributed by atoms with Crippen LogP contribution in [0.3, 0.4) is 0 Å². The van der Waals surface area contributed by atoms with Crippen molar-refractivity contribution in [1.82, 2.24) is 14.9 Å². The predicted molar refractivity (Wildman–Crippen MR) is 132 cm³/mol. The molecule has 2 aliphatic rings. The van der Waals surface area contributed by atoms with E-state index in [1.54, 1.807) is 26.2 Å². The van der Waals surface area contributed by atoms with Gasteiger partial charge >= 0.3 is 6.09 Å². The predicted octanol–water partition coefficient (Wildman–Crippen LogP) is 4.16. The average molecular weight is 489 g/mol. The van der Waals surface area contributed by atoms with Gasteiger partial charge in [0.2, 0.25) is 5.91 Å². The van der Waals surface area contributed by atoms with Gasteiger partial charge in [-0.15, -0.1) is 11.3 Å². The molecule has 0 bridgehead atoms. The molecule has 0 saturated carbocycles. The Hall–Kier alpha value is -2.72. The van der Waals surface area contributed by atoms with E-state index in [9.17, 15) is 9.59 Å². The molecule has 2 saturated heterocycles. The second-order valence-corrected chi connectivity index (χ2v) is 10.7. The Morgan fingerprint density at radius 2 is 1.94 bits per heavy atom. The molecular weight excluding hydrogens is 454 g/mol. The van der Waals surface area contributed by atoms with Gasteiger partial charge in [-0.1, -0.05) is 6.07 Å². The second kappa shape index (κ2) is 9.87. The van der Waals surface area contributed by atoms with Gasteiger partial charge in [-0.25, -0.2) is 14.8 Å². The summed E-state index contributed by atoms with van der Waals surface area (Å²) in [4.78, 5) is 38.6. The maximum atomic E-state index is 13.1. The molecule has 2 fully saturated rings. The number of morpholine rings is 1. The zero-order valence-electron chi connectivity index (χ0n) is 21.4. The van der Waals surface area contributed by atoms with Gasteiger partial charge in [0.1, 0.15) is 23.2 Å². The van der Waals surface area contributed by atoms with E-state index in [1.165, 1.54) is 16.2 Å². The number of rotatable bonds is 4. The van der Waals surface area contributed by atoms with Crippen LogP contribution < -0.4 is 10.2 Å². The van der Waals surface area contributed by atoms with Gasteiger partial charge in [0, 0.05) is 25.0 Å². The fourth-order valence-corrected chi connectivity index (χ4v) is 4.96. The zero-order valence-corrected chi connectivity index (χ0v) is 21.2. The summed E-state index contributed by atoms with van der Waals surface area (Å²) < 4.78 is 19.7. The Bertz CT molecular complexity index is 1060. The molecule has 2 amide bonds. The molecule has 184 valence electrons. The number of carbonyl (C=O) groups is 2. The molecule has 0 unspecified atom stereocenters. The zero-order chi connectivity index (χ0) is 25.3. The van der Waals surface area contributed by atoms with E-state index in [1.807, 2.05) is 32.0 Å². The summed E-state index contributed by atoms with van der Waals surface area (Å²) in [6, 6.07) is 5.03. The maximum Gasteiger partial charge on any atom is 0.410 e. The lowest BCUT2D eigenvalue weighted by molar-refractivity contribution is -0.120. The van der Waals surface area contributed by atoms with E-state index in [0.717, 1.165) is 24.2 Å². The molecule has 3 atom stereocenters. The van der Waals surface area contributed by atoms with Crippen molar-refractivity contribution in [3.05, 3.63) is 23.6 Å². The lowest BCUT2D eigenvalue weighted by Gasteiger charge is -2.36. The highest BCUT2D eigenvalue weighted by Gasteiger charge is 2.37. The summed E-state index contributed by atoms with van der Waals surface area (Å²) in [6.45, 7) is 11.4. The van der Waals surface area contributed by atoms with E-state index in [0.29, 0.717) is 30.8 Å².